The zero-order chi connectivity index (χ0) is 28.6. The lowest BCUT2D eigenvalue weighted by molar-refractivity contribution is -0.147. The first-order valence-corrected chi connectivity index (χ1v) is 13.6. The molecule has 1 aliphatic rings. The first kappa shape index (κ1) is 28.8. The van der Waals surface area contributed by atoms with E-state index >= 15 is 0 Å². The highest BCUT2D eigenvalue weighted by molar-refractivity contribution is 5.89. The summed E-state index contributed by atoms with van der Waals surface area (Å²) in [5.41, 5.74) is 5.29. The molecule has 0 radical (unpaired) electrons. The van der Waals surface area contributed by atoms with Gasteiger partial charge in [-0.3, -0.25) is 4.79 Å². The van der Waals surface area contributed by atoms with E-state index in [9.17, 15) is 19.5 Å². The Morgan fingerprint density at radius 2 is 1.40 bits per heavy atom. The van der Waals surface area contributed by atoms with Crippen LogP contribution in [0.5, 0.6) is 0 Å². The van der Waals surface area contributed by atoms with E-state index in [1.807, 2.05) is 80.6 Å². The molecule has 0 aliphatic heterocycles. The zero-order valence-corrected chi connectivity index (χ0v) is 23.0. The molecule has 0 fully saturated rings. The second-order valence-corrected chi connectivity index (χ2v) is 10.2. The van der Waals surface area contributed by atoms with Crippen LogP contribution in [0.2, 0.25) is 0 Å². The van der Waals surface area contributed by atoms with Crippen LogP contribution in [-0.2, 0) is 25.7 Å². The minimum Gasteiger partial charge on any atom is -0.480 e. The summed E-state index contributed by atoms with van der Waals surface area (Å²) in [6.45, 7) is 5.62. The number of carbonyl (C=O) groups is 3. The van der Waals surface area contributed by atoms with Gasteiger partial charge in [0.25, 0.3) is 0 Å². The topological polar surface area (TPSA) is 114 Å². The molecule has 4 atom stereocenters. The number of rotatable bonds is 12. The summed E-state index contributed by atoms with van der Waals surface area (Å²) < 4.78 is 11.4. The average molecular weight is 545 g/mol. The van der Waals surface area contributed by atoms with Gasteiger partial charge in [-0.25, -0.2) is 9.59 Å². The normalized spacial score (nSPS) is 15.2. The Bertz CT molecular complexity index is 1280. The average Bonchev–Trinajstić information content (AvgIpc) is 3.29. The van der Waals surface area contributed by atoms with Crippen LogP contribution in [0.3, 0.4) is 0 Å². The standard InChI is InChI=1S/C32H36N2O6/c1-4-20(2)28(30(35)33-29(31(36)37)21(3)39-18-22-12-6-5-7-13-22)34-32(38)40-19-27-25-16-10-8-14-23(25)24-15-9-11-17-26(24)27/h5-17,20-21,27-29H,4,18-19H2,1-3H3,(H,33,35)(H,34,38)(H,36,37)/t20-,21+,28-,29-/m0/s1. The molecule has 0 bridgehead atoms. The van der Waals surface area contributed by atoms with Crippen molar-refractivity contribution in [3.63, 3.8) is 0 Å². The van der Waals surface area contributed by atoms with Gasteiger partial charge in [-0.05, 0) is 40.7 Å². The molecule has 40 heavy (non-hydrogen) atoms. The number of fused-ring (bicyclic) bond motifs is 3. The molecule has 8 heteroatoms. The first-order valence-electron chi connectivity index (χ1n) is 13.6. The monoisotopic (exact) mass is 544 g/mol. The molecule has 0 heterocycles. The summed E-state index contributed by atoms with van der Waals surface area (Å²) >= 11 is 0. The number of benzene rings is 3. The maximum Gasteiger partial charge on any atom is 0.407 e. The number of alkyl carbamates (subject to hydrolysis) is 1. The predicted molar refractivity (Wildman–Crippen MR) is 152 cm³/mol. The fraction of sp³-hybridized carbons (Fsp3) is 0.344. The molecule has 0 aromatic heterocycles. The quantitative estimate of drug-likeness (QED) is 0.292. The second-order valence-electron chi connectivity index (χ2n) is 10.2. The van der Waals surface area contributed by atoms with Gasteiger partial charge in [0.2, 0.25) is 5.91 Å². The fourth-order valence-electron chi connectivity index (χ4n) is 4.99. The third kappa shape index (κ3) is 6.69. The summed E-state index contributed by atoms with van der Waals surface area (Å²) in [4.78, 5) is 38.2. The molecule has 210 valence electrons. The summed E-state index contributed by atoms with van der Waals surface area (Å²) in [6, 6.07) is 23.2. The smallest absolute Gasteiger partial charge is 0.407 e. The molecule has 3 aromatic rings. The molecular formula is C32H36N2O6. The van der Waals surface area contributed by atoms with Crippen molar-refractivity contribution < 1.29 is 29.0 Å². The fourth-order valence-corrected chi connectivity index (χ4v) is 4.99. The number of carbonyl (C=O) groups excluding carboxylic acids is 2. The van der Waals surface area contributed by atoms with E-state index in [0.29, 0.717) is 6.42 Å². The summed E-state index contributed by atoms with van der Waals surface area (Å²) in [5.74, 6) is -2.22. The van der Waals surface area contributed by atoms with Crippen LogP contribution in [0.25, 0.3) is 11.1 Å². The summed E-state index contributed by atoms with van der Waals surface area (Å²) in [6.07, 6.45) is -0.962. The Labute approximate surface area is 234 Å². The highest BCUT2D eigenvalue weighted by Crippen LogP contribution is 2.44. The van der Waals surface area contributed by atoms with E-state index in [1.165, 1.54) is 0 Å². The van der Waals surface area contributed by atoms with Crippen molar-refractivity contribution in [2.75, 3.05) is 6.61 Å². The molecule has 0 unspecified atom stereocenters. The van der Waals surface area contributed by atoms with Gasteiger partial charge in [-0.15, -0.1) is 0 Å². The van der Waals surface area contributed by atoms with Crippen LogP contribution in [0.15, 0.2) is 78.9 Å². The maximum absolute atomic E-state index is 13.3. The number of carboxylic acids is 1. The van der Waals surface area contributed by atoms with Crippen LogP contribution < -0.4 is 10.6 Å². The van der Waals surface area contributed by atoms with E-state index in [4.69, 9.17) is 9.47 Å². The Morgan fingerprint density at radius 1 is 0.825 bits per heavy atom. The van der Waals surface area contributed by atoms with Crippen molar-refractivity contribution in [1.82, 2.24) is 10.6 Å². The number of carboxylic acid groups (broad SMARTS) is 1. The molecule has 3 N–H and O–H groups in total. The number of aliphatic carboxylic acids is 1. The minimum absolute atomic E-state index is 0.108. The van der Waals surface area contributed by atoms with E-state index in [2.05, 4.69) is 22.8 Å². The largest absolute Gasteiger partial charge is 0.480 e. The van der Waals surface area contributed by atoms with Crippen LogP contribution in [0.4, 0.5) is 4.79 Å². The van der Waals surface area contributed by atoms with Crippen LogP contribution >= 0.6 is 0 Å². The molecule has 0 saturated heterocycles. The third-order valence-electron chi connectivity index (χ3n) is 7.50. The van der Waals surface area contributed by atoms with Gasteiger partial charge in [0.15, 0.2) is 6.04 Å². The van der Waals surface area contributed by atoms with E-state index in [0.717, 1.165) is 27.8 Å². The molecule has 2 amide bonds. The van der Waals surface area contributed by atoms with E-state index in [-0.39, 0.29) is 25.0 Å². The van der Waals surface area contributed by atoms with Crippen LogP contribution in [0, 0.1) is 5.92 Å². The van der Waals surface area contributed by atoms with Crippen molar-refractivity contribution in [2.24, 2.45) is 5.92 Å². The van der Waals surface area contributed by atoms with Crippen LogP contribution in [0.1, 0.15) is 49.8 Å². The molecular weight excluding hydrogens is 508 g/mol. The lowest BCUT2D eigenvalue weighted by Crippen LogP contribution is -2.57. The Morgan fingerprint density at radius 3 is 1.98 bits per heavy atom. The second kappa shape index (κ2) is 13.3. The summed E-state index contributed by atoms with van der Waals surface area (Å²) in [7, 11) is 0. The first-order chi connectivity index (χ1) is 19.3. The van der Waals surface area contributed by atoms with Gasteiger partial charge in [0, 0.05) is 5.92 Å². The highest BCUT2D eigenvalue weighted by Gasteiger charge is 2.34. The maximum atomic E-state index is 13.3. The van der Waals surface area contributed by atoms with Crippen molar-refractivity contribution >= 4 is 18.0 Å². The highest BCUT2D eigenvalue weighted by atomic mass is 16.5. The van der Waals surface area contributed by atoms with Crippen LogP contribution in [-0.4, -0.2) is 47.9 Å². The van der Waals surface area contributed by atoms with Crippen molar-refractivity contribution in [3.05, 3.63) is 95.6 Å². The third-order valence-corrected chi connectivity index (χ3v) is 7.50. The van der Waals surface area contributed by atoms with Gasteiger partial charge in [-0.1, -0.05) is 99.1 Å². The molecule has 1 aliphatic carbocycles. The van der Waals surface area contributed by atoms with Gasteiger partial charge in [0.05, 0.1) is 12.7 Å². The number of hydrogen-bond donors (Lipinski definition) is 3. The van der Waals surface area contributed by atoms with Gasteiger partial charge >= 0.3 is 12.1 Å². The lowest BCUT2D eigenvalue weighted by Gasteiger charge is -2.27. The zero-order valence-electron chi connectivity index (χ0n) is 23.0. The predicted octanol–water partition coefficient (Wildman–Crippen LogP) is 5.11. The van der Waals surface area contributed by atoms with E-state index in [1.54, 1.807) is 6.92 Å². The van der Waals surface area contributed by atoms with Gasteiger partial charge < -0.3 is 25.2 Å². The molecule has 4 rings (SSSR count). The Hall–Kier alpha value is -4.17. The van der Waals surface area contributed by atoms with Crippen molar-refractivity contribution in [3.8, 4) is 11.1 Å². The molecule has 8 nitrogen and oxygen atoms in total. The number of nitrogens with one attached hydrogen (secondary N) is 2. The number of amides is 2. The minimum atomic E-state index is -1.30. The SMILES string of the molecule is CC[C@H](C)[C@H](NC(=O)OCC1c2ccccc2-c2ccccc21)C(=O)N[C@H](C(=O)O)[C@@H](C)OCc1ccccc1. The summed E-state index contributed by atoms with van der Waals surface area (Å²) in [5, 5.41) is 15.0. The van der Waals surface area contributed by atoms with E-state index < -0.39 is 36.2 Å². The molecule has 0 spiro atoms. The van der Waals surface area contributed by atoms with Gasteiger partial charge in [0.1, 0.15) is 12.6 Å². The molecule has 3 aromatic carbocycles. The molecule has 0 saturated carbocycles. The van der Waals surface area contributed by atoms with Gasteiger partial charge in [-0.2, -0.15) is 0 Å². The lowest BCUT2D eigenvalue weighted by atomic mass is 9.97. The van der Waals surface area contributed by atoms with Crippen molar-refractivity contribution in [1.29, 1.82) is 0 Å². The number of hydrogen-bond acceptors (Lipinski definition) is 5. The Balaban J connectivity index is 1.39. The van der Waals surface area contributed by atoms with Crippen molar-refractivity contribution in [2.45, 2.75) is 57.9 Å². The number of ether oxygens (including phenoxy) is 2. The Kier molecular flexibility index (Phi) is 9.56.